The van der Waals surface area contributed by atoms with Crippen molar-refractivity contribution in [3.63, 3.8) is 0 Å². The van der Waals surface area contributed by atoms with Crippen LogP contribution in [0.2, 0.25) is 0 Å². The van der Waals surface area contributed by atoms with Crippen LogP contribution in [0, 0.1) is 0 Å². The lowest BCUT2D eigenvalue weighted by Crippen LogP contribution is -2.18. The quantitative estimate of drug-likeness (QED) is 0.813. The molecule has 2 nitrogen and oxygen atoms in total. The Bertz CT molecular complexity index is 511. The van der Waals surface area contributed by atoms with E-state index in [2.05, 4.69) is 41.3 Å². The van der Waals surface area contributed by atoms with Crippen molar-refractivity contribution in [3.8, 4) is 0 Å². The van der Waals surface area contributed by atoms with E-state index >= 15 is 0 Å². The maximum atomic E-state index is 3.48. The minimum Gasteiger partial charge on any atom is -0.326 e. The van der Waals surface area contributed by atoms with Gasteiger partial charge < -0.3 is 5.43 Å². The minimum absolute atomic E-state index is 0.977. The number of nitrogens with zero attached hydrogens (tertiary/aromatic N) is 1. The zero-order valence-corrected chi connectivity index (χ0v) is 9.79. The molecule has 0 unspecified atom stereocenters. The highest BCUT2D eigenvalue weighted by Gasteiger charge is 2.18. The summed E-state index contributed by atoms with van der Waals surface area (Å²) < 4.78 is 2.31. The molecule has 16 heavy (non-hydrogen) atoms. The van der Waals surface area contributed by atoms with E-state index in [1.165, 1.54) is 42.3 Å². The van der Waals surface area contributed by atoms with Gasteiger partial charge in [-0.3, -0.25) is 4.68 Å². The molecule has 1 aliphatic carbocycles. The van der Waals surface area contributed by atoms with Crippen molar-refractivity contribution in [2.75, 3.05) is 12.0 Å². The van der Waals surface area contributed by atoms with Crippen molar-refractivity contribution in [2.24, 2.45) is 0 Å². The fraction of sp³-hybridized carbons (Fsp3) is 0.429. The van der Waals surface area contributed by atoms with Gasteiger partial charge in [-0.1, -0.05) is 18.2 Å². The number of rotatable bonds is 2. The van der Waals surface area contributed by atoms with E-state index in [4.69, 9.17) is 0 Å². The van der Waals surface area contributed by atoms with Crippen LogP contribution in [-0.2, 0) is 12.8 Å². The van der Waals surface area contributed by atoms with Crippen molar-refractivity contribution in [3.05, 3.63) is 35.5 Å². The second-order valence-corrected chi connectivity index (χ2v) is 4.50. The first-order chi connectivity index (χ1) is 7.92. The van der Waals surface area contributed by atoms with Gasteiger partial charge >= 0.3 is 0 Å². The Morgan fingerprint density at radius 2 is 2.00 bits per heavy atom. The third kappa shape index (κ3) is 1.33. The van der Waals surface area contributed by atoms with E-state index in [1.807, 2.05) is 0 Å². The van der Waals surface area contributed by atoms with Crippen molar-refractivity contribution in [1.29, 1.82) is 0 Å². The minimum atomic E-state index is 0.977. The summed E-state index contributed by atoms with van der Waals surface area (Å²) in [7, 11) is 0. The Morgan fingerprint density at radius 1 is 1.19 bits per heavy atom. The molecule has 0 radical (unpaired) electrons. The van der Waals surface area contributed by atoms with Crippen molar-refractivity contribution >= 4 is 10.9 Å². The smallest absolute Gasteiger partial charge is 0.0698 e. The highest BCUT2D eigenvalue weighted by Crippen LogP contribution is 2.31. The van der Waals surface area contributed by atoms with Crippen LogP contribution in [0.5, 0.6) is 0 Å². The van der Waals surface area contributed by atoms with Crippen molar-refractivity contribution in [1.82, 2.24) is 4.68 Å². The molecule has 0 amide bonds. The Morgan fingerprint density at radius 3 is 2.88 bits per heavy atom. The molecule has 0 spiro atoms. The van der Waals surface area contributed by atoms with Crippen LogP contribution in [0.4, 0.5) is 0 Å². The van der Waals surface area contributed by atoms with Crippen LogP contribution in [0.15, 0.2) is 24.3 Å². The van der Waals surface area contributed by atoms with Crippen LogP contribution in [0.25, 0.3) is 10.9 Å². The zero-order chi connectivity index (χ0) is 11.0. The number of hydrogen-bond acceptors (Lipinski definition) is 1. The Labute approximate surface area is 96.2 Å². The summed E-state index contributed by atoms with van der Waals surface area (Å²) in [5.74, 6) is 0. The molecular weight excluding hydrogens is 196 g/mol. The molecule has 84 valence electrons. The molecule has 2 heteroatoms. The maximum Gasteiger partial charge on any atom is 0.0698 e. The summed E-state index contributed by atoms with van der Waals surface area (Å²) in [6.45, 7) is 3.13. The topological polar surface area (TPSA) is 17.0 Å². The molecule has 0 bridgehead atoms. The van der Waals surface area contributed by atoms with E-state index < -0.39 is 0 Å². The third-order valence-corrected chi connectivity index (χ3v) is 3.49. The number of benzene rings is 1. The molecule has 0 saturated heterocycles. The molecular formula is C14H18N2. The van der Waals surface area contributed by atoms with Gasteiger partial charge in [0.1, 0.15) is 0 Å². The molecule has 0 aliphatic heterocycles. The molecule has 1 aromatic heterocycles. The number of nitrogens with one attached hydrogen (secondary N) is 1. The van der Waals surface area contributed by atoms with E-state index in [0.717, 1.165) is 6.54 Å². The fourth-order valence-electron chi connectivity index (χ4n) is 2.83. The van der Waals surface area contributed by atoms with Gasteiger partial charge in [0.2, 0.25) is 0 Å². The van der Waals surface area contributed by atoms with E-state index in [0.29, 0.717) is 0 Å². The fourth-order valence-corrected chi connectivity index (χ4v) is 2.83. The Balaban J connectivity index is 2.28. The third-order valence-electron chi connectivity index (χ3n) is 3.49. The number of aryl methyl sites for hydroxylation is 1. The van der Waals surface area contributed by atoms with Gasteiger partial charge in [0, 0.05) is 17.6 Å². The molecule has 2 aromatic rings. The van der Waals surface area contributed by atoms with Crippen LogP contribution >= 0.6 is 0 Å². The summed E-state index contributed by atoms with van der Waals surface area (Å²) in [4.78, 5) is 0. The van der Waals surface area contributed by atoms with Gasteiger partial charge in [0.15, 0.2) is 0 Å². The highest BCUT2D eigenvalue weighted by atomic mass is 15.4. The second-order valence-electron chi connectivity index (χ2n) is 4.50. The van der Waals surface area contributed by atoms with Crippen LogP contribution < -0.4 is 5.43 Å². The molecule has 1 N–H and O–H groups in total. The van der Waals surface area contributed by atoms with Gasteiger partial charge in [-0.2, -0.15) is 0 Å². The Kier molecular flexibility index (Phi) is 2.35. The normalized spacial score (nSPS) is 15.1. The lowest BCUT2D eigenvalue weighted by atomic mass is 9.96. The first-order valence-electron chi connectivity index (χ1n) is 6.27. The average Bonchev–Trinajstić information content (AvgIpc) is 2.66. The number of hydrogen-bond donors (Lipinski definition) is 1. The second kappa shape index (κ2) is 3.85. The van der Waals surface area contributed by atoms with Gasteiger partial charge in [-0.25, -0.2) is 0 Å². The predicted octanol–water partition coefficient (Wildman–Crippen LogP) is 3.08. The van der Waals surface area contributed by atoms with E-state index in [9.17, 15) is 0 Å². The van der Waals surface area contributed by atoms with Gasteiger partial charge in [0.05, 0.1) is 5.52 Å². The largest absolute Gasteiger partial charge is 0.326 e. The molecule has 0 saturated carbocycles. The molecule has 1 aromatic carbocycles. The maximum absolute atomic E-state index is 3.48. The monoisotopic (exact) mass is 214 g/mol. The summed E-state index contributed by atoms with van der Waals surface area (Å²) in [6, 6.07) is 8.75. The zero-order valence-electron chi connectivity index (χ0n) is 9.79. The summed E-state index contributed by atoms with van der Waals surface area (Å²) in [6.07, 6.45) is 5.13. The molecule has 0 fully saturated rings. The van der Waals surface area contributed by atoms with E-state index in [1.54, 1.807) is 5.56 Å². The van der Waals surface area contributed by atoms with Gasteiger partial charge in [-0.05, 0) is 44.2 Å². The van der Waals surface area contributed by atoms with Gasteiger partial charge in [-0.15, -0.1) is 0 Å². The van der Waals surface area contributed by atoms with Crippen molar-refractivity contribution in [2.45, 2.75) is 32.6 Å². The number of aromatic nitrogens is 1. The lowest BCUT2D eigenvalue weighted by Gasteiger charge is -2.16. The SMILES string of the molecule is CCNn1c2c(c3ccccc31)CCCC2. The van der Waals surface area contributed by atoms with Crippen molar-refractivity contribution < 1.29 is 0 Å². The number of para-hydroxylation sites is 1. The standard InChI is InChI=1S/C14H18N2/c1-2-15-16-13-9-5-3-7-11(13)12-8-4-6-10-14(12)16/h3,5,7,9,15H,2,4,6,8,10H2,1H3. The van der Waals surface area contributed by atoms with Crippen LogP contribution in [0.1, 0.15) is 31.0 Å². The summed E-state index contributed by atoms with van der Waals surface area (Å²) in [5, 5.41) is 1.44. The molecule has 1 aliphatic rings. The predicted molar refractivity (Wildman–Crippen MR) is 68.5 cm³/mol. The lowest BCUT2D eigenvalue weighted by molar-refractivity contribution is 0.652. The molecule has 1 heterocycles. The molecule has 0 atom stereocenters. The first-order valence-corrected chi connectivity index (χ1v) is 6.27. The van der Waals surface area contributed by atoms with Crippen LogP contribution in [-0.4, -0.2) is 11.2 Å². The molecule has 3 rings (SSSR count). The Hall–Kier alpha value is -1.44. The van der Waals surface area contributed by atoms with E-state index in [-0.39, 0.29) is 0 Å². The average molecular weight is 214 g/mol. The summed E-state index contributed by atoms with van der Waals surface area (Å²) in [5.41, 5.74) is 7.90. The first kappa shape index (κ1) is 9.76. The van der Waals surface area contributed by atoms with Gasteiger partial charge in [0.25, 0.3) is 0 Å². The van der Waals surface area contributed by atoms with Crippen LogP contribution in [0.3, 0.4) is 0 Å². The highest BCUT2D eigenvalue weighted by molar-refractivity contribution is 5.86. The summed E-state index contributed by atoms with van der Waals surface area (Å²) >= 11 is 0. The number of fused-ring (bicyclic) bond motifs is 3.